The minimum Gasteiger partial charge on any atom is -0.380 e. The van der Waals surface area contributed by atoms with E-state index < -0.39 is 11.4 Å². The van der Waals surface area contributed by atoms with Gasteiger partial charge in [0.05, 0.1) is 29.0 Å². The van der Waals surface area contributed by atoms with E-state index in [9.17, 15) is 4.79 Å². The molecule has 0 aliphatic carbocycles. The van der Waals surface area contributed by atoms with Crippen LogP contribution in [0.15, 0.2) is 64.4 Å². The highest BCUT2D eigenvalue weighted by Crippen LogP contribution is 2.26. The van der Waals surface area contributed by atoms with Gasteiger partial charge in [-0.25, -0.2) is 19.0 Å². The lowest BCUT2D eigenvalue weighted by molar-refractivity contribution is 0.388. The topological polar surface area (TPSA) is 126 Å². The Morgan fingerprint density at radius 1 is 1.08 bits per heavy atom. The van der Waals surface area contributed by atoms with Crippen LogP contribution >= 0.6 is 0 Å². The lowest BCUT2D eigenvalue weighted by Gasteiger charge is -2.13. The van der Waals surface area contributed by atoms with Gasteiger partial charge in [-0.3, -0.25) is 9.36 Å². The first kappa shape index (κ1) is 22.6. The van der Waals surface area contributed by atoms with Gasteiger partial charge in [-0.1, -0.05) is 5.16 Å². The van der Waals surface area contributed by atoms with E-state index in [1.54, 1.807) is 49.6 Å². The Morgan fingerprint density at radius 2 is 1.89 bits per heavy atom. The summed E-state index contributed by atoms with van der Waals surface area (Å²) in [5.41, 5.74) is 8.38. The van der Waals surface area contributed by atoms with Crippen LogP contribution in [0.5, 0.6) is 0 Å². The Labute approximate surface area is 209 Å². The number of rotatable bonds is 5. The fourth-order valence-electron chi connectivity index (χ4n) is 4.39. The summed E-state index contributed by atoms with van der Waals surface area (Å²) in [6.07, 6.45) is 4.76. The molecule has 0 amide bonds. The van der Waals surface area contributed by atoms with E-state index in [-0.39, 0.29) is 17.0 Å². The predicted octanol–water partition coefficient (Wildman–Crippen LogP) is 2.99. The second-order valence-corrected chi connectivity index (χ2v) is 8.95. The molecule has 186 valence electrons. The molecule has 11 nitrogen and oxygen atoms in total. The number of nitrogens with two attached hydrogens (primary N) is 1. The van der Waals surface area contributed by atoms with Crippen molar-refractivity contribution in [3.8, 4) is 17.1 Å². The van der Waals surface area contributed by atoms with E-state index in [1.165, 1.54) is 21.6 Å². The lowest BCUT2D eigenvalue weighted by atomic mass is 10.2. The number of aromatic nitrogens is 7. The number of fused-ring (bicyclic) bond motifs is 2. The van der Waals surface area contributed by atoms with Crippen LogP contribution in [0.2, 0.25) is 0 Å². The number of nitrogen functional groups attached to an aromatic ring is 1. The third-order valence-electron chi connectivity index (χ3n) is 6.12. The van der Waals surface area contributed by atoms with Crippen LogP contribution in [0.25, 0.3) is 39.1 Å². The molecule has 0 fully saturated rings. The summed E-state index contributed by atoms with van der Waals surface area (Å²) in [6, 6.07) is 9.83. The van der Waals surface area contributed by atoms with Gasteiger partial charge in [-0.15, -0.1) is 0 Å². The summed E-state index contributed by atoms with van der Waals surface area (Å²) in [5, 5.41) is 8.89. The quantitative estimate of drug-likeness (QED) is 0.384. The molecule has 0 aliphatic heterocycles. The van der Waals surface area contributed by atoms with Crippen molar-refractivity contribution in [3.63, 3.8) is 0 Å². The van der Waals surface area contributed by atoms with E-state index in [2.05, 4.69) is 20.2 Å². The zero-order valence-corrected chi connectivity index (χ0v) is 20.3. The van der Waals surface area contributed by atoms with Gasteiger partial charge in [0.1, 0.15) is 23.5 Å². The number of hydrogen-bond acceptors (Lipinski definition) is 8. The highest BCUT2D eigenvalue weighted by atomic mass is 19.1. The summed E-state index contributed by atoms with van der Waals surface area (Å²) in [5.74, 6) is 0.420. The van der Waals surface area contributed by atoms with Crippen molar-refractivity contribution in [1.82, 2.24) is 38.9 Å². The highest BCUT2D eigenvalue weighted by Gasteiger charge is 2.19. The second kappa shape index (κ2) is 8.38. The Balaban J connectivity index is 1.48. The standard InChI is InChI=1S/C25H22FN9O2/c1-14-22-23(35(30-14)16-5-7-20-17(10-16)24(27)31-37-20)25(36)34(13-29-22)19-6-4-15(11-18(19)26)33-9-8-28-21(33)12-32(2)3/h4-11,13H,12H2,1-3H3,(H2,27,31). The van der Waals surface area contributed by atoms with Gasteiger partial charge in [0.2, 0.25) is 0 Å². The number of benzene rings is 2. The largest absolute Gasteiger partial charge is 0.380 e. The van der Waals surface area contributed by atoms with Crippen molar-refractivity contribution < 1.29 is 8.91 Å². The maximum absolute atomic E-state index is 15.4. The summed E-state index contributed by atoms with van der Waals surface area (Å²) in [7, 11) is 3.87. The highest BCUT2D eigenvalue weighted by molar-refractivity contribution is 5.89. The van der Waals surface area contributed by atoms with Gasteiger partial charge in [-0.05, 0) is 51.4 Å². The van der Waals surface area contributed by atoms with E-state index in [0.717, 1.165) is 5.82 Å². The zero-order valence-electron chi connectivity index (χ0n) is 20.3. The molecule has 0 bridgehead atoms. The molecule has 0 spiro atoms. The molecule has 6 aromatic rings. The van der Waals surface area contributed by atoms with Crippen molar-refractivity contribution in [2.45, 2.75) is 13.5 Å². The molecule has 2 aromatic carbocycles. The van der Waals surface area contributed by atoms with Gasteiger partial charge in [0, 0.05) is 24.1 Å². The van der Waals surface area contributed by atoms with Crippen molar-refractivity contribution in [2.75, 3.05) is 19.8 Å². The molecule has 0 saturated carbocycles. The minimum absolute atomic E-state index is 0.0709. The molecule has 37 heavy (non-hydrogen) atoms. The van der Waals surface area contributed by atoms with Crippen molar-refractivity contribution in [3.05, 3.63) is 82.8 Å². The first-order valence-electron chi connectivity index (χ1n) is 11.4. The predicted molar refractivity (Wildman–Crippen MR) is 136 cm³/mol. The van der Waals surface area contributed by atoms with Crippen molar-refractivity contribution in [2.24, 2.45) is 0 Å². The molecule has 6 rings (SSSR count). The molecule has 0 radical (unpaired) electrons. The smallest absolute Gasteiger partial charge is 0.284 e. The zero-order chi connectivity index (χ0) is 25.8. The number of imidazole rings is 1. The Hall–Kier alpha value is -4.84. The van der Waals surface area contributed by atoms with Crippen molar-refractivity contribution in [1.29, 1.82) is 0 Å². The third-order valence-corrected chi connectivity index (χ3v) is 6.12. The molecule has 0 unspecified atom stereocenters. The first-order valence-corrected chi connectivity index (χ1v) is 11.4. The maximum atomic E-state index is 15.4. The van der Waals surface area contributed by atoms with Gasteiger partial charge >= 0.3 is 0 Å². The first-order chi connectivity index (χ1) is 17.8. The monoisotopic (exact) mass is 499 g/mol. The fraction of sp³-hybridized carbons (Fsp3) is 0.160. The summed E-state index contributed by atoms with van der Waals surface area (Å²) in [6.45, 7) is 2.35. The van der Waals surface area contributed by atoms with Crippen LogP contribution in [-0.4, -0.2) is 53.0 Å². The van der Waals surface area contributed by atoms with Crippen LogP contribution in [-0.2, 0) is 6.54 Å². The van der Waals surface area contributed by atoms with Gasteiger partial charge in [-0.2, -0.15) is 5.10 Å². The molecule has 4 aromatic heterocycles. The molecule has 12 heteroatoms. The van der Waals surface area contributed by atoms with Gasteiger partial charge in [0.25, 0.3) is 5.56 Å². The molecule has 0 atom stereocenters. The molecule has 0 aliphatic rings. The van der Waals surface area contributed by atoms with Crippen LogP contribution in [0.1, 0.15) is 11.5 Å². The average Bonchev–Trinajstić information content (AvgIpc) is 3.57. The van der Waals surface area contributed by atoms with Gasteiger partial charge < -0.3 is 19.7 Å². The van der Waals surface area contributed by atoms with E-state index in [0.29, 0.717) is 40.1 Å². The number of hydrogen-bond donors (Lipinski definition) is 1. The van der Waals surface area contributed by atoms with Crippen molar-refractivity contribution >= 4 is 27.8 Å². The number of halogens is 1. The SMILES string of the molecule is Cc1nn(-c2ccc3onc(N)c3c2)c2c(=O)n(-c3ccc(-n4ccnc4CN(C)C)cc3F)cnc12. The molecule has 2 N–H and O–H groups in total. The normalized spacial score (nSPS) is 11.8. The van der Waals surface area contributed by atoms with E-state index in [1.807, 2.05) is 23.6 Å². The Kier molecular flexibility index (Phi) is 5.12. The second-order valence-electron chi connectivity index (χ2n) is 8.95. The number of anilines is 1. The van der Waals surface area contributed by atoms with Crippen LogP contribution in [0, 0.1) is 12.7 Å². The van der Waals surface area contributed by atoms with Gasteiger partial charge in [0.15, 0.2) is 16.9 Å². The van der Waals surface area contributed by atoms with E-state index in [4.69, 9.17) is 10.3 Å². The third kappa shape index (κ3) is 3.65. The minimum atomic E-state index is -0.577. The number of nitrogens with zero attached hydrogens (tertiary/aromatic N) is 8. The van der Waals surface area contributed by atoms with E-state index >= 15 is 4.39 Å². The Bertz CT molecular complexity index is 1860. The summed E-state index contributed by atoms with van der Waals surface area (Å²) < 4.78 is 25.1. The Morgan fingerprint density at radius 3 is 2.68 bits per heavy atom. The fourth-order valence-corrected chi connectivity index (χ4v) is 4.39. The summed E-state index contributed by atoms with van der Waals surface area (Å²) in [4.78, 5) is 24.4. The van der Waals surface area contributed by atoms with Crippen LogP contribution < -0.4 is 11.3 Å². The maximum Gasteiger partial charge on any atom is 0.284 e. The average molecular weight is 500 g/mol. The lowest BCUT2D eigenvalue weighted by Crippen LogP contribution is -2.22. The summed E-state index contributed by atoms with van der Waals surface area (Å²) >= 11 is 0. The van der Waals surface area contributed by atoms with Crippen LogP contribution in [0.4, 0.5) is 10.2 Å². The molecule has 4 heterocycles. The van der Waals surface area contributed by atoms with Crippen LogP contribution in [0.3, 0.4) is 0 Å². The number of aryl methyl sites for hydroxylation is 1. The molecule has 0 saturated heterocycles. The molecular formula is C25H22FN9O2. The molecular weight excluding hydrogens is 477 g/mol.